The van der Waals surface area contributed by atoms with Gasteiger partial charge in [-0.05, 0) is 84.2 Å². The lowest BCUT2D eigenvalue weighted by Crippen LogP contribution is -2.51. The zero-order valence-corrected chi connectivity index (χ0v) is 30.9. The fourth-order valence-electron chi connectivity index (χ4n) is 8.99. The molecule has 4 unspecified atom stereocenters. The molecule has 2 saturated carbocycles. The van der Waals surface area contributed by atoms with Gasteiger partial charge < -0.3 is 30.2 Å². The van der Waals surface area contributed by atoms with Gasteiger partial charge in [-0.3, -0.25) is 9.59 Å². The summed E-state index contributed by atoms with van der Waals surface area (Å²) in [4.78, 5) is 57.4. The second-order valence-electron chi connectivity index (χ2n) is 15.3. The zero-order chi connectivity index (χ0) is 37.3. The van der Waals surface area contributed by atoms with Crippen LogP contribution in [0.3, 0.4) is 0 Å². The fourth-order valence-corrected chi connectivity index (χ4v) is 8.99. The van der Waals surface area contributed by atoms with Crippen molar-refractivity contribution in [3.05, 3.63) is 103 Å². The molecule has 1 saturated heterocycles. The number of ether oxygens (including phenoxy) is 1. The number of likely N-dealkylation sites (tertiary alicyclic amines) is 1. The van der Waals surface area contributed by atoms with Crippen LogP contribution in [0.2, 0.25) is 0 Å². The highest BCUT2D eigenvalue weighted by Gasteiger charge is 2.52. The molecule has 0 radical (unpaired) electrons. The Labute approximate surface area is 315 Å². The molecule has 3 heterocycles. The van der Waals surface area contributed by atoms with Gasteiger partial charge in [-0.2, -0.15) is 0 Å². The van der Waals surface area contributed by atoms with Crippen LogP contribution in [-0.4, -0.2) is 62.4 Å². The molecule has 2 bridgehead atoms. The van der Waals surface area contributed by atoms with Crippen LogP contribution in [0.15, 0.2) is 91.3 Å². The quantitative estimate of drug-likeness (QED) is 0.115. The number of nitrogens with zero attached hydrogens (tertiary/aromatic N) is 3. The Morgan fingerprint density at radius 2 is 1.37 bits per heavy atom. The van der Waals surface area contributed by atoms with Crippen molar-refractivity contribution in [2.45, 2.75) is 64.0 Å². The Kier molecular flexibility index (Phi) is 9.79. The van der Waals surface area contributed by atoms with E-state index in [4.69, 9.17) is 9.72 Å². The number of aromatic amines is 2. The summed E-state index contributed by atoms with van der Waals surface area (Å²) in [5, 5.41) is 5.86. The van der Waals surface area contributed by atoms with E-state index in [1.807, 2.05) is 61.5 Å². The molecular formula is C43H47N7O4. The van der Waals surface area contributed by atoms with E-state index in [1.54, 1.807) is 0 Å². The largest absolute Gasteiger partial charge is 0.453 e. The van der Waals surface area contributed by atoms with Crippen LogP contribution in [0.25, 0.3) is 33.6 Å². The molecule has 5 aromatic rings. The summed E-state index contributed by atoms with van der Waals surface area (Å²) in [7, 11) is 1.30. The number of anilines is 1. The maximum atomic E-state index is 13.5. The predicted octanol–water partition coefficient (Wildman–Crippen LogP) is 7.95. The number of hydrogen-bond donors (Lipinski definition) is 4. The highest BCUT2D eigenvalue weighted by molar-refractivity contribution is 5.93. The number of H-pyrrole nitrogens is 2. The van der Waals surface area contributed by atoms with Crippen molar-refractivity contribution in [2.75, 3.05) is 19.0 Å². The van der Waals surface area contributed by atoms with Crippen molar-refractivity contribution in [2.24, 2.45) is 23.7 Å². The summed E-state index contributed by atoms with van der Waals surface area (Å²) in [6, 6.07) is 25.7. The average Bonchev–Trinajstić information content (AvgIpc) is 4.05. The number of nitrogens with one attached hydrogen (secondary N) is 4. The molecular weight excluding hydrogens is 679 g/mol. The third-order valence-electron chi connectivity index (χ3n) is 11.7. The van der Waals surface area contributed by atoms with Crippen LogP contribution in [0.4, 0.5) is 10.5 Å². The van der Waals surface area contributed by atoms with Crippen molar-refractivity contribution >= 4 is 23.6 Å². The van der Waals surface area contributed by atoms with Crippen molar-refractivity contribution in [1.29, 1.82) is 0 Å². The molecule has 278 valence electrons. The van der Waals surface area contributed by atoms with Crippen LogP contribution in [0.1, 0.15) is 69.6 Å². The molecule has 3 aliphatic rings. The first kappa shape index (κ1) is 35.3. The van der Waals surface area contributed by atoms with Crippen LogP contribution < -0.4 is 10.6 Å². The number of imidazole rings is 2. The van der Waals surface area contributed by atoms with Gasteiger partial charge in [0.05, 0.1) is 42.9 Å². The first-order chi connectivity index (χ1) is 26.3. The van der Waals surface area contributed by atoms with Crippen molar-refractivity contribution in [3.8, 4) is 33.6 Å². The molecule has 4 N–H and O–H groups in total. The molecule has 3 fully saturated rings. The number of methoxy groups -OCH3 is 1. The predicted molar refractivity (Wildman–Crippen MR) is 207 cm³/mol. The summed E-state index contributed by atoms with van der Waals surface area (Å²) in [6.07, 6.45) is 8.09. The Hall–Kier alpha value is -5.71. The molecule has 2 aromatic heterocycles. The van der Waals surface area contributed by atoms with E-state index in [-0.39, 0.29) is 35.6 Å². The molecule has 0 spiro atoms. The molecule has 8 rings (SSSR count). The minimum absolute atomic E-state index is 0.0809. The minimum atomic E-state index is -0.675. The van der Waals surface area contributed by atoms with Gasteiger partial charge in [0, 0.05) is 18.2 Å². The van der Waals surface area contributed by atoms with E-state index in [9.17, 15) is 14.4 Å². The first-order valence-corrected chi connectivity index (χ1v) is 19.1. The summed E-state index contributed by atoms with van der Waals surface area (Å²) < 4.78 is 4.76. The molecule has 2 aliphatic carbocycles. The normalized spacial score (nSPS) is 22.4. The lowest BCUT2D eigenvalue weighted by molar-refractivity contribution is -0.135. The van der Waals surface area contributed by atoms with Gasteiger partial charge in [0.2, 0.25) is 11.8 Å². The van der Waals surface area contributed by atoms with Gasteiger partial charge in [-0.1, -0.05) is 80.6 Å². The van der Waals surface area contributed by atoms with E-state index >= 15 is 0 Å². The van der Waals surface area contributed by atoms with Gasteiger partial charge in [0.15, 0.2) is 0 Å². The summed E-state index contributed by atoms with van der Waals surface area (Å²) in [6.45, 7) is 4.43. The summed E-state index contributed by atoms with van der Waals surface area (Å²) >= 11 is 0. The second kappa shape index (κ2) is 15.0. The fraction of sp³-hybridized carbons (Fsp3) is 0.372. The first-order valence-electron chi connectivity index (χ1n) is 19.1. The topological polar surface area (TPSA) is 145 Å². The van der Waals surface area contributed by atoms with Crippen LogP contribution in [0, 0.1) is 23.7 Å². The number of carbonyl (C=O) groups excluding carboxylic acids is 3. The smallest absolute Gasteiger partial charge is 0.407 e. The van der Waals surface area contributed by atoms with Gasteiger partial charge >= 0.3 is 6.09 Å². The molecule has 1 aliphatic heterocycles. The number of amides is 3. The van der Waals surface area contributed by atoms with Gasteiger partial charge in [0.25, 0.3) is 0 Å². The molecule has 11 nitrogen and oxygen atoms in total. The molecule has 54 heavy (non-hydrogen) atoms. The Balaban J connectivity index is 0.929. The van der Waals surface area contributed by atoms with Gasteiger partial charge in [-0.15, -0.1) is 0 Å². The Morgan fingerprint density at radius 3 is 2.00 bits per heavy atom. The van der Waals surface area contributed by atoms with E-state index in [0.29, 0.717) is 18.4 Å². The SMILES string of the molecule is COC(=O)NC(C(=O)N1CCCC1c1ncc(-c2ccc(-c3ccc(-c4cnc([C@@H]5C6CCC(C6)[C@H]5C(=O)Nc5ccccc5)[nH]4)cc3)cc2)[nH]1)C(C)C. The third kappa shape index (κ3) is 6.90. The zero-order valence-electron chi connectivity index (χ0n) is 30.9. The standard InChI is InChI=1S/C43H47N7O4/c1-25(2)38(49-43(53)54-3)42(52)50-21-7-10-35(50)39-44-23-33(47-39)28-15-11-26(12-16-28)27-13-17-29(18-14-27)34-24-45-40(48-34)36-30-19-20-31(22-30)37(36)41(51)46-32-8-5-4-6-9-32/h4-6,8-9,11-18,23-25,30-31,35-38H,7,10,19-22H2,1-3H3,(H,44,47)(H,45,48)(H,46,51)(H,49,53)/t30?,31?,35?,36-,37-,38?/m1/s1. The lowest BCUT2D eigenvalue weighted by Gasteiger charge is -2.30. The highest BCUT2D eigenvalue weighted by Crippen LogP contribution is 2.56. The number of para-hydroxylation sites is 1. The summed E-state index contributed by atoms with van der Waals surface area (Å²) in [5.74, 6) is 2.41. The van der Waals surface area contributed by atoms with Crippen LogP contribution >= 0.6 is 0 Å². The van der Waals surface area contributed by atoms with Crippen LogP contribution in [-0.2, 0) is 14.3 Å². The van der Waals surface area contributed by atoms with Gasteiger partial charge in [0.1, 0.15) is 17.7 Å². The van der Waals surface area contributed by atoms with E-state index in [2.05, 4.69) is 74.1 Å². The number of hydrogen-bond acceptors (Lipinski definition) is 6. The average molecular weight is 726 g/mol. The van der Waals surface area contributed by atoms with E-state index in [0.717, 1.165) is 83.1 Å². The molecule has 6 atom stereocenters. The molecule has 3 aromatic carbocycles. The number of carbonyl (C=O) groups is 3. The minimum Gasteiger partial charge on any atom is -0.453 e. The number of alkyl carbamates (subject to hydrolysis) is 1. The van der Waals surface area contributed by atoms with Crippen molar-refractivity contribution in [1.82, 2.24) is 30.2 Å². The highest BCUT2D eigenvalue weighted by atomic mass is 16.5. The maximum absolute atomic E-state index is 13.5. The summed E-state index contributed by atoms with van der Waals surface area (Å²) in [5.41, 5.74) is 6.91. The van der Waals surface area contributed by atoms with Crippen molar-refractivity contribution < 1.29 is 19.1 Å². The Morgan fingerprint density at radius 1 is 0.778 bits per heavy atom. The van der Waals surface area contributed by atoms with E-state index in [1.165, 1.54) is 7.11 Å². The second-order valence-corrected chi connectivity index (χ2v) is 15.3. The lowest BCUT2D eigenvalue weighted by atomic mass is 9.78. The molecule has 3 amide bonds. The van der Waals surface area contributed by atoms with Crippen molar-refractivity contribution in [3.63, 3.8) is 0 Å². The van der Waals surface area contributed by atoms with Gasteiger partial charge in [-0.25, -0.2) is 14.8 Å². The number of rotatable bonds is 10. The number of benzene rings is 3. The van der Waals surface area contributed by atoms with E-state index < -0.39 is 12.1 Å². The monoisotopic (exact) mass is 725 g/mol. The number of fused-ring (bicyclic) bond motifs is 2. The maximum Gasteiger partial charge on any atom is 0.407 e. The van der Waals surface area contributed by atoms with Crippen LogP contribution in [0.5, 0.6) is 0 Å². The molecule has 11 heteroatoms. The Bertz CT molecular complexity index is 2110. The number of aromatic nitrogens is 4. The third-order valence-corrected chi connectivity index (χ3v) is 11.7.